The molecular formula is C16H18OTe. The Labute approximate surface area is 119 Å². The van der Waals surface area contributed by atoms with Gasteiger partial charge in [0.2, 0.25) is 0 Å². The quantitative estimate of drug-likeness (QED) is 0.560. The summed E-state index contributed by atoms with van der Waals surface area (Å²) in [5.41, 5.74) is 2.54. The number of allylic oxidation sites excluding steroid dienone is 4. The summed E-state index contributed by atoms with van der Waals surface area (Å²) in [5.74, 6) is 0.117. The molecule has 0 N–H and O–H groups in total. The molecular weight excluding hydrogens is 336 g/mol. The first-order valence-corrected chi connectivity index (χ1v) is 8.42. The van der Waals surface area contributed by atoms with Crippen molar-refractivity contribution < 1.29 is 4.79 Å². The predicted octanol–water partition coefficient (Wildman–Crippen LogP) is 2.93. The molecule has 0 aromatic heterocycles. The van der Waals surface area contributed by atoms with E-state index < -0.39 is 0 Å². The molecule has 1 aromatic carbocycles. The zero-order valence-corrected chi connectivity index (χ0v) is 13.6. The van der Waals surface area contributed by atoms with Gasteiger partial charge in [-0.05, 0) is 0 Å². The Kier molecular flexibility index (Phi) is 3.80. The van der Waals surface area contributed by atoms with Crippen molar-refractivity contribution in [2.75, 3.05) is 0 Å². The van der Waals surface area contributed by atoms with Crippen LogP contribution in [-0.4, -0.2) is 26.7 Å². The van der Waals surface area contributed by atoms with Gasteiger partial charge in [-0.3, -0.25) is 0 Å². The van der Waals surface area contributed by atoms with E-state index in [4.69, 9.17) is 0 Å². The number of carbonyl (C=O) groups is 1. The number of carbonyl (C=O) groups excluding carboxylic acids is 1. The van der Waals surface area contributed by atoms with E-state index >= 15 is 0 Å². The van der Waals surface area contributed by atoms with Gasteiger partial charge in [0.25, 0.3) is 0 Å². The summed E-state index contributed by atoms with van der Waals surface area (Å²) in [5, 5.41) is 0. The molecule has 0 unspecified atom stereocenters. The molecule has 1 aliphatic rings. The van der Waals surface area contributed by atoms with Crippen molar-refractivity contribution in [1.82, 2.24) is 0 Å². The van der Waals surface area contributed by atoms with Gasteiger partial charge in [0.15, 0.2) is 0 Å². The fourth-order valence-corrected chi connectivity index (χ4v) is 5.21. The number of rotatable bonds is 1. The second kappa shape index (κ2) is 5.03. The molecule has 0 spiro atoms. The van der Waals surface area contributed by atoms with Gasteiger partial charge in [0, 0.05) is 0 Å². The summed E-state index contributed by atoms with van der Waals surface area (Å²) in [6.07, 6.45) is 4.00. The minimum absolute atomic E-state index is 0.117. The minimum atomic E-state index is -0.302. The van der Waals surface area contributed by atoms with E-state index in [9.17, 15) is 4.79 Å². The third-order valence-electron chi connectivity index (χ3n) is 2.80. The number of fused-ring (bicyclic) bond motifs is 1. The summed E-state index contributed by atoms with van der Waals surface area (Å²) in [6.45, 7) is 8.38. The molecule has 2 rings (SSSR count). The molecule has 2 heteroatoms. The fraction of sp³-hybridized carbons (Fsp3) is 0.312. The predicted molar refractivity (Wildman–Crippen MR) is 78.0 cm³/mol. The number of hydrogen-bond acceptors (Lipinski definition) is 1. The van der Waals surface area contributed by atoms with Crippen molar-refractivity contribution in [2.24, 2.45) is 5.41 Å². The van der Waals surface area contributed by atoms with Gasteiger partial charge in [-0.25, -0.2) is 0 Å². The van der Waals surface area contributed by atoms with Gasteiger partial charge < -0.3 is 0 Å². The Morgan fingerprint density at radius 3 is 2.50 bits per heavy atom. The van der Waals surface area contributed by atoms with Crippen molar-refractivity contribution in [1.29, 1.82) is 0 Å². The van der Waals surface area contributed by atoms with E-state index in [0.29, 0.717) is 0 Å². The number of hydrogen-bond donors (Lipinski definition) is 0. The molecule has 0 aliphatic carbocycles. The summed E-state index contributed by atoms with van der Waals surface area (Å²) < 4.78 is 2.96. The fourth-order valence-electron chi connectivity index (χ4n) is 1.87. The van der Waals surface area contributed by atoms with Crippen LogP contribution in [0.25, 0.3) is 5.57 Å². The van der Waals surface area contributed by atoms with Crippen LogP contribution in [0.5, 0.6) is 0 Å². The second-order valence-corrected chi connectivity index (χ2v) is 8.66. The van der Waals surface area contributed by atoms with Gasteiger partial charge in [-0.15, -0.1) is 0 Å². The summed E-state index contributed by atoms with van der Waals surface area (Å²) in [7, 11) is 0. The van der Waals surface area contributed by atoms with Gasteiger partial charge in [0.1, 0.15) is 0 Å². The first-order valence-electron chi connectivity index (χ1n) is 6.09. The van der Waals surface area contributed by atoms with Crippen molar-refractivity contribution in [2.45, 2.75) is 27.7 Å². The molecule has 0 saturated carbocycles. The molecule has 0 bridgehead atoms. The van der Waals surface area contributed by atoms with Crippen LogP contribution in [0, 0.1) is 5.41 Å². The summed E-state index contributed by atoms with van der Waals surface area (Å²) in [6, 6.07) is 8.49. The average Bonchev–Trinajstić information content (AvgIpc) is 2.27. The second-order valence-electron chi connectivity index (χ2n) is 5.57. The van der Waals surface area contributed by atoms with E-state index in [-0.39, 0.29) is 32.1 Å². The number of benzene rings is 1. The summed E-state index contributed by atoms with van der Waals surface area (Å²) in [4.78, 5) is 11.4. The van der Waals surface area contributed by atoms with E-state index in [2.05, 4.69) is 51.1 Å². The molecule has 1 heterocycles. The molecule has 1 nitrogen and oxygen atoms in total. The van der Waals surface area contributed by atoms with E-state index in [0.717, 1.165) is 5.57 Å². The van der Waals surface area contributed by atoms with E-state index in [1.807, 2.05) is 0 Å². The monoisotopic (exact) mass is 356 g/mol. The molecule has 0 atom stereocenters. The molecule has 1 aromatic rings. The Bertz CT molecular complexity index is 544. The first kappa shape index (κ1) is 13.6. The third kappa shape index (κ3) is 2.94. The SMILES string of the molecule is CC(=O)/C=C1/C=C(C(C)(C)C)[Te]c2ccccc21. The average molecular weight is 354 g/mol. The Morgan fingerprint density at radius 2 is 1.89 bits per heavy atom. The topological polar surface area (TPSA) is 17.1 Å². The Morgan fingerprint density at radius 1 is 1.22 bits per heavy atom. The third-order valence-corrected chi connectivity index (χ3v) is 7.16. The standard InChI is InChI=1S/C16H18OTe/c1-11(17)9-12-10-15(16(2,3)4)18-14-8-6-5-7-13(12)14/h5-10H,1-4H3/b12-9-. The molecule has 0 saturated heterocycles. The van der Waals surface area contributed by atoms with Crippen LogP contribution < -0.4 is 3.61 Å². The normalized spacial score (nSPS) is 17.3. The van der Waals surface area contributed by atoms with Gasteiger partial charge in [-0.2, -0.15) is 0 Å². The zero-order valence-electron chi connectivity index (χ0n) is 11.3. The van der Waals surface area contributed by atoms with Crippen molar-refractivity contribution in [3.8, 4) is 0 Å². The Hall–Kier alpha value is -0.840. The van der Waals surface area contributed by atoms with E-state index in [1.54, 1.807) is 13.0 Å². The van der Waals surface area contributed by atoms with Crippen LogP contribution in [0.4, 0.5) is 0 Å². The first-order chi connectivity index (χ1) is 8.38. The Balaban J connectivity index is 2.56. The van der Waals surface area contributed by atoms with Gasteiger partial charge in [-0.1, -0.05) is 0 Å². The van der Waals surface area contributed by atoms with E-state index in [1.165, 1.54) is 12.8 Å². The summed E-state index contributed by atoms with van der Waals surface area (Å²) >= 11 is -0.302. The van der Waals surface area contributed by atoms with Crippen molar-refractivity contribution >= 4 is 35.9 Å². The molecule has 0 fully saturated rings. The maximum atomic E-state index is 11.4. The maximum absolute atomic E-state index is 11.4. The molecule has 94 valence electrons. The van der Waals surface area contributed by atoms with Crippen LogP contribution in [0.2, 0.25) is 0 Å². The van der Waals surface area contributed by atoms with Gasteiger partial charge in [0.05, 0.1) is 0 Å². The van der Waals surface area contributed by atoms with Crippen molar-refractivity contribution in [3.63, 3.8) is 0 Å². The van der Waals surface area contributed by atoms with Crippen molar-refractivity contribution in [3.05, 3.63) is 45.6 Å². The van der Waals surface area contributed by atoms with Crippen LogP contribution in [-0.2, 0) is 4.79 Å². The molecule has 1 aliphatic heterocycles. The zero-order chi connectivity index (χ0) is 13.3. The molecule has 0 radical (unpaired) electrons. The molecule has 0 amide bonds. The van der Waals surface area contributed by atoms with Crippen LogP contribution in [0.15, 0.2) is 40.0 Å². The number of ketones is 1. The van der Waals surface area contributed by atoms with Crippen LogP contribution in [0.1, 0.15) is 33.3 Å². The van der Waals surface area contributed by atoms with Crippen LogP contribution >= 0.6 is 0 Å². The van der Waals surface area contributed by atoms with Gasteiger partial charge >= 0.3 is 119 Å². The molecule has 18 heavy (non-hydrogen) atoms. The van der Waals surface area contributed by atoms with Crippen LogP contribution in [0.3, 0.4) is 0 Å².